The maximum absolute atomic E-state index is 12.8. The van der Waals surface area contributed by atoms with E-state index in [9.17, 15) is 12.8 Å². The van der Waals surface area contributed by atoms with Gasteiger partial charge in [0.15, 0.2) is 0 Å². The summed E-state index contributed by atoms with van der Waals surface area (Å²) in [5, 5.41) is 0. The van der Waals surface area contributed by atoms with Gasteiger partial charge in [0.25, 0.3) is 0 Å². The van der Waals surface area contributed by atoms with Crippen molar-refractivity contribution in [3.63, 3.8) is 0 Å². The van der Waals surface area contributed by atoms with Gasteiger partial charge in [-0.2, -0.15) is 4.31 Å². The predicted octanol–water partition coefficient (Wildman–Crippen LogP) is 1.86. The molecule has 1 saturated carbocycles. The van der Waals surface area contributed by atoms with Crippen molar-refractivity contribution in [3.05, 3.63) is 30.1 Å². The van der Waals surface area contributed by atoms with E-state index in [0.717, 1.165) is 25.0 Å². The van der Waals surface area contributed by atoms with Crippen molar-refractivity contribution in [2.75, 3.05) is 13.1 Å². The number of sulfonamides is 1. The fourth-order valence-corrected chi connectivity index (χ4v) is 3.12. The maximum Gasteiger partial charge on any atom is 0.243 e. The van der Waals surface area contributed by atoms with Crippen molar-refractivity contribution in [3.8, 4) is 12.3 Å². The first-order chi connectivity index (χ1) is 8.54. The Hall–Kier alpha value is -1.38. The molecular weight excluding hydrogens is 253 g/mol. The smallest absolute Gasteiger partial charge is 0.207 e. The molecule has 0 amide bonds. The van der Waals surface area contributed by atoms with Crippen LogP contribution in [0.3, 0.4) is 0 Å². The second-order valence-electron chi connectivity index (χ2n) is 4.40. The van der Waals surface area contributed by atoms with E-state index in [-0.39, 0.29) is 11.4 Å². The van der Waals surface area contributed by atoms with Gasteiger partial charge >= 0.3 is 0 Å². The first-order valence-electron chi connectivity index (χ1n) is 5.73. The molecule has 0 aliphatic heterocycles. The van der Waals surface area contributed by atoms with Crippen LogP contribution in [-0.2, 0) is 10.0 Å². The first kappa shape index (κ1) is 13.1. The monoisotopic (exact) mass is 267 g/mol. The van der Waals surface area contributed by atoms with Gasteiger partial charge in [-0.05, 0) is 43.0 Å². The van der Waals surface area contributed by atoms with E-state index in [2.05, 4.69) is 5.92 Å². The molecule has 0 spiro atoms. The molecule has 3 nitrogen and oxygen atoms in total. The summed E-state index contributed by atoms with van der Waals surface area (Å²) in [7, 11) is -3.61. The number of benzene rings is 1. The van der Waals surface area contributed by atoms with Crippen molar-refractivity contribution in [2.24, 2.45) is 5.92 Å². The van der Waals surface area contributed by atoms with Crippen molar-refractivity contribution in [1.29, 1.82) is 0 Å². The fourth-order valence-electron chi connectivity index (χ4n) is 1.69. The van der Waals surface area contributed by atoms with Gasteiger partial charge in [-0.15, -0.1) is 6.42 Å². The Morgan fingerprint density at radius 1 is 1.33 bits per heavy atom. The summed E-state index contributed by atoms with van der Waals surface area (Å²) in [4.78, 5) is 0.0831. The van der Waals surface area contributed by atoms with Crippen LogP contribution in [-0.4, -0.2) is 25.8 Å². The average molecular weight is 267 g/mol. The number of terminal acetylenes is 1. The Morgan fingerprint density at radius 2 is 1.94 bits per heavy atom. The second-order valence-corrected chi connectivity index (χ2v) is 6.34. The minimum absolute atomic E-state index is 0.0518. The van der Waals surface area contributed by atoms with E-state index >= 15 is 0 Å². The van der Waals surface area contributed by atoms with Crippen LogP contribution in [0.4, 0.5) is 4.39 Å². The highest BCUT2D eigenvalue weighted by molar-refractivity contribution is 7.89. The number of hydrogen-bond acceptors (Lipinski definition) is 2. The molecule has 2 rings (SSSR count). The van der Waals surface area contributed by atoms with E-state index in [1.165, 1.54) is 16.4 Å². The highest BCUT2D eigenvalue weighted by Crippen LogP contribution is 2.31. The van der Waals surface area contributed by atoms with Crippen LogP contribution in [0.15, 0.2) is 29.2 Å². The molecule has 0 aromatic heterocycles. The Bertz CT molecular complexity index is 556. The Morgan fingerprint density at radius 3 is 2.44 bits per heavy atom. The lowest BCUT2D eigenvalue weighted by Crippen LogP contribution is -2.33. The van der Waals surface area contributed by atoms with Crippen molar-refractivity contribution in [1.82, 2.24) is 4.31 Å². The summed E-state index contributed by atoms with van der Waals surface area (Å²) in [6, 6.07) is 4.80. The summed E-state index contributed by atoms with van der Waals surface area (Å²) >= 11 is 0. The highest BCUT2D eigenvalue weighted by Gasteiger charge is 2.31. The standard InChI is InChI=1S/C13H14FNO2S/c1-2-9-15(10-11-3-4-11)18(16,17)13-7-5-12(14)6-8-13/h1,5-8,11H,3-4,9-10H2. The van der Waals surface area contributed by atoms with Crippen LogP contribution < -0.4 is 0 Å². The molecule has 0 unspecified atom stereocenters. The summed E-state index contributed by atoms with van der Waals surface area (Å²) in [6.45, 7) is 0.500. The second kappa shape index (κ2) is 5.09. The minimum Gasteiger partial charge on any atom is -0.207 e. The third kappa shape index (κ3) is 2.89. The molecule has 1 aromatic carbocycles. The van der Waals surface area contributed by atoms with Gasteiger partial charge < -0.3 is 0 Å². The van der Waals surface area contributed by atoms with E-state index in [0.29, 0.717) is 12.5 Å². The van der Waals surface area contributed by atoms with Crippen molar-refractivity contribution < 1.29 is 12.8 Å². The molecule has 5 heteroatoms. The average Bonchev–Trinajstić information content (AvgIpc) is 3.13. The van der Waals surface area contributed by atoms with Gasteiger partial charge in [-0.25, -0.2) is 12.8 Å². The molecule has 0 N–H and O–H groups in total. The lowest BCUT2D eigenvalue weighted by atomic mass is 10.4. The molecular formula is C13H14FNO2S. The zero-order valence-corrected chi connectivity index (χ0v) is 10.7. The SMILES string of the molecule is C#CCN(CC1CC1)S(=O)(=O)c1ccc(F)cc1. The van der Waals surface area contributed by atoms with E-state index < -0.39 is 15.8 Å². The van der Waals surface area contributed by atoms with Crippen molar-refractivity contribution >= 4 is 10.0 Å². The quantitative estimate of drug-likeness (QED) is 0.764. The Kier molecular flexibility index (Phi) is 3.69. The largest absolute Gasteiger partial charge is 0.243 e. The number of nitrogens with zero attached hydrogens (tertiary/aromatic N) is 1. The van der Waals surface area contributed by atoms with Crippen LogP contribution in [0, 0.1) is 24.1 Å². The van der Waals surface area contributed by atoms with E-state index in [4.69, 9.17) is 6.42 Å². The topological polar surface area (TPSA) is 37.4 Å². The highest BCUT2D eigenvalue weighted by atomic mass is 32.2. The summed E-state index contributed by atoms with van der Waals surface area (Å²) < 4.78 is 38.7. The minimum atomic E-state index is -3.61. The van der Waals surface area contributed by atoms with Crippen LogP contribution in [0.1, 0.15) is 12.8 Å². The molecule has 1 aromatic rings. The van der Waals surface area contributed by atoms with Gasteiger partial charge in [0.1, 0.15) is 5.82 Å². The zero-order chi connectivity index (χ0) is 13.2. The molecule has 1 fully saturated rings. The summed E-state index contributed by atoms with van der Waals surface area (Å²) in [5.41, 5.74) is 0. The third-order valence-electron chi connectivity index (χ3n) is 2.88. The zero-order valence-electron chi connectivity index (χ0n) is 9.84. The first-order valence-corrected chi connectivity index (χ1v) is 7.17. The third-order valence-corrected chi connectivity index (χ3v) is 4.70. The number of halogens is 1. The number of hydrogen-bond donors (Lipinski definition) is 0. The van der Waals surface area contributed by atoms with Gasteiger partial charge in [0, 0.05) is 6.54 Å². The normalized spacial score (nSPS) is 15.6. The predicted molar refractivity (Wildman–Crippen MR) is 66.7 cm³/mol. The van der Waals surface area contributed by atoms with E-state index in [1.807, 2.05) is 0 Å². The van der Waals surface area contributed by atoms with Gasteiger partial charge in [-0.3, -0.25) is 0 Å². The van der Waals surface area contributed by atoms with Crippen LogP contribution in [0.5, 0.6) is 0 Å². The summed E-state index contributed by atoms with van der Waals surface area (Å²) in [5.74, 6) is 2.31. The Balaban J connectivity index is 2.26. The summed E-state index contributed by atoms with van der Waals surface area (Å²) in [6.07, 6.45) is 7.29. The van der Waals surface area contributed by atoms with Gasteiger partial charge in [0.05, 0.1) is 11.4 Å². The van der Waals surface area contributed by atoms with Crippen LogP contribution in [0.25, 0.3) is 0 Å². The van der Waals surface area contributed by atoms with Gasteiger partial charge in [-0.1, -0.05) is 5.92 Å². The van der Waals surface area contributed by atoms with Crippen molar-refractivity contribution in [2.45, 2.75) is 17.7 Å². The molecule has 0 saturated heterocycles. The molecule has 1 aliphatic rings. The number of rotatable bonds is 5. The molecule has 0 atom stereocenters. The molecule has 96 valence electrons. The molecule has 0 heterocycles. The maximum atomic E-state index is 12.8. The molecule has 0 radical (unpaired) electrons. The fraction of sp³-hybridized carbons (Fsp3) is 0.385. The molecule has 18 heavy (non-hydrogen) atoms. The van der Waals surface area contributed by atoms with Gasteiger partial charge in [0.2, 0.25) is 10.0 Å². The lowest BCUT2D eigenvalue weighted by Gasteiger charge is -2.19. The van der Waals surface area contributed by atoms with E-state index in [1.54, 1.807) is 0 Å². The van der Waals surface area contributed by atoms with Crippen LogP contribution >= 0.6 is 0 Å². The molecule has 1 aliphatic carbocycles. The lowest BCUT2D eigenvalue weighted by molar-refractivity contribution is 0.430. The Labute approximate surface area is 107 Å². The molecule has 0 bridgehead atoms. The van der Waals surface area contributed by atoms with Crippen LogP contribution in [0.2, 0.25) is 0 Å².